The zero-order valence-electron chi connectivity index (χ0n) is 8.92. The molecule has 12 heteroatoms. The number of benzene rings is 1. The molecule has 18 heavy (non-hydrogen) atoms. The number of rotatable bonds is 3. The van der Waals surface area contributed by atoms with Crippen molar-refractivity contribution in [2.75, 3.05) is 0 Å². The zero-order chi connectivity index (χ0) is 14.3. The Hall–Kier alpha value is 0.310. The molecule has 3 N–H and O–H groups in total. The molecule has 1 aromatic carbocycles. The molecule has 8 nitrogen and oxygen atoms in total. The van der Waals surface area contributed by atoms with Crippen LogP contribution in [0.2, 0.25) is 0 Å². The molecule has 0 aromatic heterocycles. The second kappa shape index (κ2) is 8.47. The third kappa shape index (κ3) is 9.27. The van der Waals surface area contributed by atoms with E-state index in [1.54, 1.807) is 12.1 Å². The first-order valence-electron chi connectivity index (χ1n) is 4.07. The molecule has 1 rings (SSSR count). The molecule has 1 aromatic rings. The molecule has 0 fully saturated rings. The van der Waals surface area contributed by atoms with Gasteiger partial charge in [0.1, 0.15) is 0 Å². The maximum Gasteiger partial charge on any atom is 0.317 e. The molecule has 0 aliphatic heterocycles. The second-order valence-electron chi connectivity index (χ2n) is 2.79. The van der Waals surface area contributed by atoms with Gasteiger partial charge in [-0.25, -0.2) is 0 Å². The van der Waals surface area contributed by atoms with Crippen LogP contribution in [-0.2, 0) is 36.5 Å². The third-order valence-electron chi connectivity index (χ3n) is 1.44. The summed E-state index contributed by atoms with van der Waals surface area (Å²) in [7, 11) is -4.00. The van der Waals surface area contributed by atoms with Crippen LogP contribution >= 0.6 is 0 Å². The summed E-state index contributed by atoms with van der Waals surface area (Å²) >= 11 is -4.41. The Balaban J connectivity index is 0.000000360. The molecule has 0 aliphatic carbocycles. The van der Waals surface area contributed by atoms with Gasteiger partial charge >= 0.3 is 106 Å². The molecular weight excluding hydrogens is 319 g/mol. The van der Waals surface area contributed by atoms with Crippen molar-refractivity contribution in [2.45, 2.75) is 4.90 Å². The SMILES string of the molecule is O=S(=O)(O)c1cc[c]([Na])cc1.O=S(O)OS(=O)O. The Kier molecular flexibility index (Phi) is 8.62. The largest absolute Gasteiger partial charge is 0.317 e. The van der Waals surface area contributed by atoms with Gasteiger partial charge in [0.25, 0.3) is 0 Å². The average molecular weight is 326 g/mol. The monoisotopic (exact) mass is 326 g/mol. The summed E-state index contributed by atoms with van der Waals surface area (Å²) in [4.78, 5) is -0.0444. The Morgan fingerprint density at radius 1 is 1.06 bits per heavy atom. The van der Waals surface area contributed by atoms with Crippen LogP contribution in [0.5, 0.6) is 0 Å². The van der Waals surface area contributed by atoms with Crippen molar-refractivity contribution >= 4 is 63.6 Å². The average Bonchev–Trinajstić information content (AvgIpc) is 2.15. The minimum atomic E-state index is -4.00. The molecule has 0 amide bonds. The summed E-state index contributed by atoms with van der Waals surface area (Å²) in [6.45, 7) is 0. The van der Waals surface area contributed by atoms with Gasteiger partial charge < -0.3 is 0 Å². The van der Waals surface area contributed by atoms with E-state index in [4.69, 9.17) is 13.7 Å². The van der Waals surface area contributed by atoms with E-state index in [2.05, 4.69) is 3.63 Å². The van der Waals surface area contributed by atoms with Crippen molar-refractivity contribution in [2.24, 2.45) is 0 Å². The molecule has 0 bridgehead atoms. The molecule has 0 unspecified atom stereocenters. The van der Waals surface area contributed by atoms with E-state index in [9.17, 15) is 16.8 Å². The molecule has 0 spiro atoms. The third-order valence-corrected chi connectivity index (χ3v) is 3.90. The Morgan fingerprint density at radius 2 is 1.44 bits per heavy atom. The molecule has 0 aliphatic rings. The van der Waals surface area contributed by atoms with Crippen LogP contribution in [0.15, 0.2) is 29.2 Å². The minimum absolute atomic E-state index is 0.0444. The second-order valence-corrected chi connectivity index (χ2v) is 6.78. The molecule has 0 saturated carbocycles. The molecule has 0 atom stereocenters. The Morgan fingerprint density at radius 3 is 1.67 bits per heavy atom. The summed E-state index contributed by atoms with van der Waals surface area (Å²) in [5.74, 6) is 0. The first kappa shape index (κ1) is 18.3. The van der Waals surface area contributed by atoms with Gasteiger partial charge in [0.15, 0.2) is 0 Å². The van der Waals surface area contributed by atoms with E-state index in [1.807, 2.05) is 0 Å². The van der Waals surface area contributed by atoms with Crippen LogP contribution in [0, 0.1) is 0 Å². The fourth-order valence-electron chi connectivity index (χ4n) is 0.760. The van der Waals surface area contributed by atoms with Gasteiger partial charge in [-0.3, -0.25) is 9.11 Å². The van der Waals surface area contributed by atoms with E-state index < -0.39 is 32.8 Å². The maximum atomic E-state index is 10.5. The Labute approximate surface area is 126 Å². The minimum Gasteiger partial charge on any atom is -0.283 e. The summed E-state index contributed by atoms with van der Waals surface area (Å²) < 4.78 is 67.9. The van der Waals surface area contributed by atoms with Crippen LogP contribution in [0.4, 0.5) is 0 Å². The number of hydrogen-bond acceptors (Lipinski definition) is 5. The van der Waals surface area contributed by atoms with E-state index >= 15 is 0 Å². The van der Waals surface area contributed by atoms with Crippen LogP contribution in [0.1, 0.15) is 0 Å². The predicted molar refractivity (Wildman–Crippen MR) is 64.3 cm³/mol. The van der Waals surface area contributed by atoms with Crippen molar-refractivity contribution in [1.82, 2.24) is 0 Å². The summed E-state index contributed by atoms with van der Waals surface area (Å²) in [5.41, 5.74) is 0. The molecule has 0 saturated heterocycles. The molecule has 98 valence electrons. The molecular formula is C6H7NaO8S3. The summed E-state index contributed by atoms with van der Waals surface area (Å²) in [5, 5.41) is 0. The molecule has 0 heterocycles. The van der Waals surface area contributed by atoms with Crippen molar-refractivity contribution in [1.29, 1.82) is 0 Å². The van der Waals surface area contributed by atoms with Gasteiger partial charge in [-0.1, -0.05) is 0 Å². The topological polar surface area (TPSA) is 138 Å². The fraction of sp³-hybridized carbons (Fsp3) is 0. The van der Waals surface area contributed by atoms with Crippen molar-refractivity contribution < 1.29 is 34.1 Å². The quantitative estimate of drug-likeness (QED) is 0.365. The zero-order valence-corrected chi connectivity index (χ0v) is 13.4. The van der Waals surface area contributed by atoms with Crippen molar-refractivity contribution in [3.05, 3.63) is 24.3 Å². The Bertz CT molecular complexity index is 512. The van der Waals surface area contributed by atoms with E-state index in [-0.39, 0.29) is 4.90 Å². The van der Waals surface area contributed by atoms with Crippen LogP contribution < -0.4 is 2.81 Å². The van der Waals surface area contributed by atoms with E-state index in [0.717, 1.165) is 30.7 Å². The van der Waals surface area contributed by atoms with Crippen LogP contribution in [0.3, 0.4) is 0 Å². The predicted octanol–water partition coefficient (Wildman–Crippen LogP) is -0.996. The fourth-order valence-corrected chi connectivity index (χ4v) is 1.97. The van der Waals surface area contributed by atoms with Crippen molar-refractivity contribution in [3.63, 3.8) is 0 Å². The first-order chi connectivity index (χ1) is 8.12. The molecule has 0 radical (unpaired) electrons. The summed E-state index contributed by atoms with van der Waals surface area (Å²) in [6.07, 6.45) is 0. The van der Waals surface area contributed by atoms with E-state index in [1.165, 1.54) is 12.1 Å². The number of hydrogen-bond donors (Lipinski definition) is 3. The summed E-state index contributed by atoms with van der Waals surface area (Å²) in [6, 6.07) is 6.18. The smallest absolute Gasteiger partial charge is 0.283 e. The van der Waals surface area contributed by atoms with Gasteiger partial charge in [-0.15, -0.1) is 3.63 Å². The van der Waals surface area contributed by atoms with Gasteiger partial charge in [-0.05, 0) is 0 Å². The normalized spacial score (nSPS) is 14.3. The van der Waals surface area contributed by atoms with E-state index in [0.29, 0.717) is 0 Å². The van der Waals surface area contributed by atoms with Gasteiger partial charge in [-0.2, -0.15) is 8.42 Å². The first-order valence-corrected chi connectivity index (χ1v) is 8.58. The van der Waals surface area contributed by atoms with Gasteiger partial charge in [0, 0.05) is 0 Å². The van der Waals surface area contributed by atoms with Gasteiger partial charge in [0.2, 0.25) is 0 Å². The van der Waals surface area contributed by atoms with Crippen LogP contribution in [-0.4, -0.2) is 58.4 Å². The van der Waals surface area contributed by atoms with Crippen molar-refractivity contribution in [3.8, 4) is 0 Å². The standard InChI is InChI=1S/C6H5O3S.Na.H2O5S2/c7-10(8,9)6-4-2-1-3-5-6;;1-6(2)5-7(3)4/h2-5H,(H,7,8,9);;(H,1,2)(H,3,4). The van der Waals surface area contributed by atoms with Gasteiger partial charge in [0.05, 0.1) is 0 Å². The maximum absolute atomic E-state index is 10.5. The van der Waals surface area contributed by atoms with Crippen LogP contribution in [0.25, 0.3) is 0 Å².